The minimum atomic E-state index is 0.144. The van der Waals surface area contributed by atoms with Crippen molar-refractivity contribution in [1.29, 1.82) is 0 Å². The van der Waals surface area contributed by atoms with E-state index in [2.05, 4.69) is 31.8 Å². The third kappa shape index (κ3) is 2.77. The van der Waals surface area contributed by atoms with Gasteiger partial charge in [0.2, 0.25) is 0 Å². The second-order valence-corrected chi connectivity index (χ2v) is 6.76. The first-order chi connectivity index (χ1) is 9.65. The highest BCUT2D eigenvalue weighted by molar-refractivity contribution is 9.10. The van der Waals surface area contributed by atoms with Gasteiger partial charge in [-0.05, 0) is 57.5 Å². The normalized spacial score (nSPS) is 23.5. The van der Waals surface area contributed by atoms with Crippen LogP contribution in [0, 0.1) is 0 Å². The first kappa shape index (κ1) is 14.1. The lowest BCUT2D eigenvalue weighted by Crippen LogP contribution is -2.35. The fourth-order valence-electron chi connectivity index (χ4n) is 3.43. The van der Waals surface area contributed by atoms with E-state index in [9.17, 15) is 4.79 Å². The lowest BCUT2D eigenvalue weighted by atomic mass is 10.1. The van der Waals surface area contributed by atoms with Gasteiger partial charge in [0, 0.05) is 34.9 Å². The Morgan fingerprint density at radius 1 is 1.25 bits per heavy atom. The van der Waals surface area contributed by atoms with Gasteiger partial charge in [-0.3, -0.25) is 9.69 Å². The van der Waals surface area contributed by atoms with Crippen LogP contribution in [-0.4, -0.2) is 42.9 Å². The van der Waals surface area contributed by atoms with E-state index >= 15 is 0 Å². The Balaban J connectivity index is 1.78. The number of nitrogens with zero attached hydrogens (tertiary/aromatic N) is 2. The molecule has 1 unspecified atom stereocenters. The van der Waals surface area contributed by atoms with Crippen LogP contribution in [-0.2, 0) is 0 Å². The maximum Gasteiger partial charge on any atom is 0.161 e. The Morgan fingerprint density at radius 3 is 2.70 bits per heavy atom. The molecule has 2 aliphatic heterocycles. The van der Waals surface area contributed by atoms with E-state index in [0.717, 1.165) is 28.8 Å². The summed E-state index contributed by atoms with van der Waals surface area (Å²) in [6.07, 6.45) is 3.90. The zero-order chi connectivity index (χ0) is 14.1. The van der Waals surface area contributed by atoms with Crippen LogP contribution in [0.2, 0.25) is 0 Å². The second-order valence-electron chi connectivity index (χ2n) is 5.85. The summed E-state index contributed by atoms with van der Waals surface area (Å²) in [6.45, 7) is 6.26. The molecule has 1 aromatic rings. The smallest absolute Gasteiger partial charge is 0.161 e. The molecule has 2 heterocycles. The Bertz CT molecular complexity index is 511. The molecule has 2 aliphatic rings. The molecule has 20 heavy (non-hydrogen) atoms. The van der Waals surface area contributed by atoms with E-state index in [-0.39, 0.29) is 5.78 Å². The lowest BCUT2D eigenvalue weighted by Gasteiger charge is -2.25. The highest BCUT2D eigenvalue weighted by atomic mass is 79.9. The molecule has 4 heteroatoms. The molecule has 1 atom stereocenters. The van der Waals surface area contributed by atoms with Crippen molar-refractivity contribution in [2.75, 3.05) is 31.1 Å². The van der Waals surface area contributed by atoms with Crippen LogP contribution in [0.25, 0.3) is 0 Å². The van der Waals surface area contributed by atoms with Gasteiger partial charge in [0.1, 0.15) is 0 Å². The van der Waals surface area contributed by atoms with Crippen LogP contribution in [0.4, 0.5) is 5.69 Å². The standard InChI is InChI=1S/C16H21BrN2O/c1-12(20)15-10-13(17)4-5-16(15)19-9-6-14(11-19)18-7-2-3-8-18/h4-5,10,14H,2-3,6-9,11H2,1H3. The molecule has 2 fully saturated rings. The van der Waals surface area contributed by atoms with Crippen molar-refractivity contribution in [2.24, 2.45) is 0 Å². The van der Waals surface area contributed by atoms with Crippen LogP contribution in [0.1, 0.15) is 36.5 Å². The summed E-state index contributed by atoms with van der Waals surface area (Å²) in [5.41, 5.74) is 1.93. The van der Waals surface area contributed by atoms with E-state index in [0.29, 0.717) is 6.04 Å². The fourth-order valence-corrected chi connectivity index (χ4v) is 3.79. The van der Waals surface area contributed by atoms with E-state index in [1.807, 2.05) is 12.1 Å². The van der Waals surface area contributed by atoms with Gasteiger partial charge in [-0.2, -0.15) is 0 Å². The minimum Gasteiger partial charge on any atom is -0.369 e. The van der Waals surface area contributed by atoms with Crippen molar-refractivity contribution in [3.8, 4) is 0 Å². The number of carbonyl (C=O) groups excluding carboxylic acids is 1. The summed E-state index contributed by atoms with van der Waals surface area (Å²) in [5, 5.41) is 0. The van der Waals surface area contributed by atoms with Crippen LogP contribution in [0.5, 0.6) is 0 Å². The van der Waals surface area contributed by atoms with Crippen LogP contribution < -0.4 is 4.90 Å². The minimum absolute atomic E-state index is 0.144. The molecule has 0 N–H and O–H groups in total. The number of benzene rings is 1. The maximum absolute atomic E-state index is 11.9. The summed E-state index contributed by atoms with van der Waals surface area (Å²) >= 11 is 3.46. The summed E-state index contributed by atoms with van der Waals surface area (Å²) in [4.78, 5) is 16.9. The van der Waals surface area contributed by atoms with Crippen molar-refractivity contribution in [1.82, 2.24) is 4.90 Å². The number of Topliss-reactive ketones (excluding diaryl/α,β-unsaturated/α-hetero) is 1. The van der Waals surface area contributed by atoms with Gasteiger partial charge < -0.3 is 4.90 Å². The van der Waals surface area contributed by atoms with Crippen LogP contribution >= 0.6 is 15.9 Å². The largest absolute Gasteiger partial charge is 0.369 e. The van der Waals surface area contributed by atoms with Gasteiger partial charge in [-0.1, -0.05) is 15.9 Å². The summed E-state index contributed by atoms with van der Waals surface area (Å²) < 4.78 is 0.974. The Morgan fingerprint density at radius 2 is 2.00 bits per heavy atom. The SMILES string of the molecule is CC(=O)c1cc(Br)ccc1N1CCC(N2CCCC2)C1. The highest BCUT2D eigenvalue weighted by Crippen LogP contribution is 2.30. The van der Waals surface area contributed by atoms with Crippen molar-refractivity contribution >= 4 is 27.4 Å². The predicted octanol–water partition coefficient (Wildman–Crippen LogP) is 3.33. The van der Waals surface area contributed by atoms with Gasteiger partial charge >= 0.3 is 0 Å². The number of rotatable bonds is 3. The quantitative estimate of drug-likeness (QED) is 0.791. The lowest BCUT2D eigenvalue weighted by molar-refractivity contribution is 0.101. The zero-order valence-corrected chi connectivity index (χ0v) is 13.5. The third-order valence-electron chi connectivity index (χ3n) is 4.50. The maximum atomic E-state index is 11.9. The number of hydrogen-bond acceptors (Lipinski definition) is 3. The molecule has 0 radical (unpaired) electrons. The van der Waals surface area contributed by atoms with Gasteiger partial charge in [0.15, 0.2) is 5.78 Å². The zero-order valence-electron chi connectivity index (χ0n) is 11.9. The molecule has 2 saturated heterocycles. The van der Waals surface area contributed by atoms with Gasteiger partial charge in [0.05, 0.1) is 0 Å². The van der Waals surface area contributed by atoms with E-state index < -0.39 is 0 Å². The molecule has 3 nitrogen and oxygen atoms in total. The Hall–Kier alpha value is -0.870. The predicted molar refractivity (Wildman–Crippen MR) is 85.6 cm³/mol. The number of likely N-dealkylation sites (tertiary alicyclic amines) is 1. The molecular formula is C16H21BrN2O. The summed E-state index contributed by atoms with van der Waals surface area (Å²) in [7, 11) is 0. The van der Waals surface area contributed by atoms with E-state index in [1.165, 1.54) is 32.4 Å². The number of ketones is 1. The number of carbonyl (C=O) groups is 1. The molecule has 1 aromatic carbocycles. The fraction of sp³-hybridized carbons (Fsp3) is 0.562. The molecule has 0 amide bonds. The first-order valence-electron chi connectivity index (χ1n) is 7.44. The first-order valence-corrected chi connectivity index (χ1v) is 8.24. The average Bonchev–Trinajstić information content (AvgIpc) is 3.09. The van der Waals surface area contributed by atoms with Gasteiger partial charge in [-0.15, -0.1) is 0 Å². The van der Waals surface area contributed by atoms with Crippen molar-refractivity contribution in [3.05, 3.63) is 28.2 Å². The molecular weight excluding hydrogens is 316 g/mol. The number of halogens is 1. The molecule has 0 spiro atoms. The Labute approximate surface area is 129 Å². The molecule has 0 aliphatic carbocycles. The van der Waals surface area contributed by atoms with Crippen molar-refractivity contribution in [3.63, 3.8) is 0 Å². The van der Waals surface area contributed by atoms with Crippen molar-refractivity contribution in [2.45, 2.75) is 32.2 Å². The highest BCUT2D eigenvalue weighted by Gasteiger charge is 2.30. The summed E-state index contributed by atoms with van der Waals surface area (Å²) in [6, 6.07) is 6.72. The van der Waals surface area contributed by atoms with Crippen molar-refractivity contribution < 1.29 is 4.79 Å². The van der Waals surface area contributed by atoms with Gasteiger partial charge in [-0.25, -0.2) is 0 Å². The van der Waals surface area contributed by atoms with E-state index in [4.69, 9.17) is 0 Å². The van der Waals surface area contributed by atoms with Crippen LogP contribution in [0.15, 0.2) is 22.7 Å². The molecule has 0 saturated carbocycles. The Kier molecular flexibility index (Phi) is 4.13. The average molecular weight is 337 g/mol. The molecule has 3 rings (SSSR count). The molecule has 108 valence electrons. The molecule has 0 bridgehead atoms. The topological polar surface area (TPSA) is 23.6 Å². The van der Waals surface area contributed by atoms with Crippen LogP contribution in [0.3, 0.4) is 0 Å². The number of hydrogen-bond donors (Lipinski definition) is 0. The van der Waals surface area contributed by atoms with E-state index in [1.54, 1.807) is 6.92 Å². The number of anilines is 1. The molecule has 0 aromatic heterocycles. The van der Waals surface area contributed by atoms with Gasteiger partial charge in [0.25, 0.3) is 0 Å². The summed E-state index contributed by atoms with van der Waals surface area (Å²) in [5.74, 6) is 0.144. The third-order valence-corrected chi connectivity index (χ3v) is 4.99. The second kappa shape index (κ2) is 5.86. The monoisotopic (exact) mass is 336 g/mol.